The molecule has 1 saturated carbocycles. The van der Waals surface area contributed by atoms with Gasteiger partial charge < -0.3 is 23.8 Å². The molecule has 4 rings (SSSR count). The Morgan fingerprint density at radius 2 is 1.66 bits per heavy atom. The van der Waals surface area contributed by atoms with Crippen LogP contribution >= 0.6 is 0 Å². The van der Waals surface area contributed by atoms with Crippen LogP contribution in [-0.4, -0.2) is 50.8 Å². The van der Waals surface area contributed by atoms with E-state index in [0.29, 0.717) is 42.6 Å². The Hall–Kier alpha value is -3.22. The Balaban J connectivity index is 1.59. The number of ether oxygens (including phenoxy) is 4. The van der Waals surface area contributed by atoms with Crippen LogP contribution in [0.2, 0.25) is 0 Å². The number of carbonyl (C=O) groups is 2. The molecule has 0 aromatic heterocycles. The van der Waals surface area contributed by atoms with Crippen LogP contribution in [0.25, 0.3) is 0 Å². The molecular weight excluding hydrogens is 446 g/mol. The van der Waals surface area contributed by atoms with Crippen molar-refractivity contribution < 1.29 is 28.5 Å². The first-order valence-electron chi connectivity index (χ1n) is 12.5. The van der Waals surface area contributed by atoms with Crippen LogP contribution in [0.5, 0.6) is 17.2 Å². The number of fused-ring (bicyclic) bond motifs is 1. The Labute approximate surface area is 207 Å². The molecule has 2 aromatic carbocycles. The zero-order valence-corrected chi connectivity index (χ0v) is 20.9. The predicted octanol–water partition coefficient (Wildman–Crippen LogP) is 4.97. The van der Waals surface area contributed by atoms with Crippen molar-refractivity contribution in [1.82, 2.24) is 4.90 Å². The van der Waals surface area contributed by atoms with Gasteiger partial charge in [-0.2, -0.15) is 0 Å². The molecule has 2 aromatic rings. The number of hydrogen-bond donors (Lipinski definition) is 0. The monoisotopic (exact) mass is 481 g/mol. The van der Waals surface area contributed by atoms with E-state index in [9.17, 15) is 9.59 Å². The third-order valence-corrected chi connectivity index (χ3v) is 7.01. The van der Waals surface area contributed by atoms with Crippen LogP contribution in [0.15, 0.2) is 36.4 Å². The molecule has 1 aliphatic heterocycles. The van der Waals surface area contributed by atoms with Crippen molar-refractivity contribution in [3.05, 3.63) is 53.1 Å². The number of nitrogens with zero attached hydrogens (tertiary/aromatic N) is 1. The normalized spacial score (nSPS) is 17.9. The number of amides is 1. The Morgan fingerprint density at radius 1 is 0.971 bits per heavy atom. The average Bonchev–Trinajstić information content (AvgIpc) is 2.91. The fourth-order valence-corrected chi connectivity index (χ4v) is 5.13. The molecule has 0 unspecified atom stereocenters. The molecule has 7 nitrogen and oxygen atoms in total. The molecule has 1 atom stereocenters. The van der Waals surface area contributed by atoms with E-state index < -0.39 is 0 Å². The second-order valence-corrected chi connectivity index (χ2v) is 9.09. The van der Waals surface area contributed by atoms with E-state index in [1.165, 1.54) is 6.42 Å². The molecule has 1 heterocycles. The molecule has 2 aliphatic rings. The Bertz CT molecular complexity index is 1030. The summed E-state index contributed by atoms with van der Waals surface area (Å²) >= 11 is 0. The summed E-state index contributed by atoms with van der Waals surface area (Å²) < 4.78 is 22.3. The summed E-state index contributed by atoms with van der Waals surface area (Å²) in [5.41, 5.74) is 2.65. The molecule has 35 heavy (non-hydrogen) atoms. The molecule has 1 aliphatic carbocycles. The largest absolute Gasteiger partial charge is 0.493 e. The zero-order chi connectivity index (χ0) is 24.8. The van der Waals surface area contributed by atoms with Gasteiger partial charge in [-0.15, -0.1) is 0 Å². The van der Waals surface area contributed by atoms with Crippen molar-refractivity contribution in [3.8, 4) is 17.2 Å². The van der Waals surface area contributed by atoms with Crippen molar-refractivity contribution in [2.75, 3.05) is 34.0 Å². The van der Waals surface area contributed by atoms with Crippen molar-refractivity contribution in [3.63, 3.8) is 0 Å². The summed E-state index contributed by atoms with van der Waals surface area (Å²) in [4.78, 5) is 27.6. The second kappa shape index (κ2) is 11.5. The summed E-state index contributed by atoms with van der Waals surface area (Å²) in [6.07, 6.45) is 6.10. The van der Waals surface area contributed by atoms with Crippen LogP contribution in [0.3, 0.4) is 0 Å². The number of rotatable bonds is 8. The lowest BCUT2D eigenvalue weighted by Crippen LogP contribution is -2.45. The van der Waals surface area contributed by atoms with E-state index in [2.05, 4.69) is 0 Å². The first kappa shape index (κ1) is 24.9. The average molecular weight is 482 g/mol. The third kappa shape index (κ3) is 5.55. The number of benzene rings is 2. The second-order valence-electron chi connectivity index (χ2n) is 9.09. The smallest absolute Gasteiger partial charge is 0.338 e. The van der Waals surface area contributed by atoms with Crippen molar-refractivity contribution >= 4 is 11.9 Å². The van der Waals surface area contributed by atoms with Gasteiger partial charge in [-0.05, 0) is 73.7 Å². The molecule has 1 amide bonds. The summed E-state index contributed by atoms with van der Waals surface area (Å²) in [6, 6.07) is 10.7. The molecular formula is C28H35NO6. The van der Waals surface area contributed by atoms with Crippen LogP contribution in [0.4, 0.5) is 0 Å². The first-order valence-corrected chi connectivity index (χ1v) is 12.5. The van der Waals surface area contributed by atoms with Gasteiger partial charge in [-0.1, -0.05) is 19.3 Å². The van der Waals surface area contributed by atoms with E-state index in [-0.39, 0.29) is 23.8 Å². The van der Waals surface area contributed by atoms with Crippen LogP contribution < -0.4 is 14.2 Å². The Kier molecular flexibility index (Phi) is 8.16. The van der Waals surface area contributed by atoms with E-state index in [0.717, 1.165) is 43.2 Å². The SMILES string of the molecule is CCOC(=O)c1ccc(OC[C@@H]2c3cc(OC)c(OC)cc3CCN2C(=O)C2CCCCC2)cc1. The highest BCUT2D eigenvalue weighted by molar-refractivity contribution is 5.89. The molecule has 0 radical (unpaired) electrons. The number of esters is 1. The predicted molar refractivity (Wildman–Crippen MR) is 132 cm³/mol. The fraction of sp³-hybridized carbons (Fsp3) is 0.500. The van der Waals surface area contributed by atoms with Gasteiger partial charge >= 0.3 is 5.97 Å². The lowest BCUT2D eigenvalue weighted by molar-refractivity contribution is -0.140. The summed E-state index contributed by atoms with van der Waals surface area (Å²) in [6.45, 7) is 3.06. The molecule has 188 valence electrons. The van der Waals surface area contributed by atoms with E-state index >= 15 is 0 Å². The van der Waals surface area contributed by atoms with Crippen molar-refractivity contribution in [1.29, 1.82) is 0 Å². The summed E-state index contributed by atoms with van der Waals surface area (Å²) in [7, 11) is 3.25. The molecule has 0 spiro atoms. The maximum absolute atomic E-state index is 13.6. The number of carbonyl (C=O) groups excluding carboxylic acids is 2. The van der Waals surface area contributed by atoms with E-state index in [1.807, 2.05) is 17.0 Å². The molecule has 7 heteroatoms. The van der Waals surface area contributed by atoms with Gasteiger partial charge in [-0.3, -0.25) is 4.79 Å². The van der Waals surface area contributed by atoms with Gasteiger partial charge in [0, 0.05) is 12.5 Å². The van der Waals surface area contributed by atoms with Gasteiger partial charge in [0.2, 0.25) is 5.91 Å². The Morgan fingerprint density at radius 3 is 2.31 bits per heavy atom. The fourth-order valence-electron chi connectivity index (χ4n) is 5.13. The van der Waals surface area contributed by atoms with Crippen LogP contribution in [0, 0.1) is 5.92 Å². The van der Waals surface area contributed by atoms with Crippen molar-refractivity contribution in [2.24, 2.45) is 5.92 Å². The van der Waals surface area contributed by atoms with Crippen LogP contribution in [0.1, 0.15) is 66.6 Å². The minimum absolute atomic E-state index is 0.0804. The van der Waals surface area contributed by atoms with E-state index in [4.69, 9.17) is 18.9 Å². The first-order chi connectivity index (χ1) is 17.0. The van der Waals surface area contributed by atoms with Gasteiger partial charge in [0.1, 0.15) is 12.4 Å². The van der Waals surface area contributed by atoms with Gasteiger partial charge in [-0.25, -0.2) is 4.79 Å². The van der Waals surface area contributed by atoms with Crippen LogP contribution in [-0.2, 0) is 16.0 Å². The third-order valence-electron chi connectivity index (χ3n) is 7.01. The quantitative estimate of drug-likeness (QED) is 0.496. The molecule has 0 N–H and O–H groups in total. The number of hydrogen-bond acceptors (Lipinski definition) is 6. The minimum Gasteiger partial charge on any atom is -0.493 e. The lowest BCUT2D eigenvalue weighted by Gasteiger charge is -2.40. The molecule has 0 saturated heterocycles. The van der Waals surface area contributed by atoms with Gasteiger partial charge in [0.15, 0.2) is 11.5 Å². The highest BCUT2D eigenvalue weighted by Gasteiger charge is 2.36. The zero-order valence-electron chi connectivity index (χ0n) is 20.9. The minimum atomic E-state index is -0.356. The molecule has 1 fully saturated rings. The van der Waals surface area contributed by atoms with E-state index in [1.54, 1.807) is 45.4 Å². The number of methoxy groups -OCH3 is 2. The van der Waals surface area contributed by atoms with Crippen molar-refractivity contribution in [2.45, 2.75) is 51.5 Å². The topological polar surface area (TPSA) is 74.3 Å². The molecule has 0 bridgehead atoms. The maximum atomic E-state index is 13.6. The highest BCUT2D eigenvalue weighted by Crippen LogP contribution is 2.40. The standard InChI is InChI=1S/C28H35NO6/c1-4-34-28(31)20-10-12-22(13-11-20)35-18-24-23-17-26(33-3)25(32-2)16-21(23)14-15-29(24)27(30)19-8-6-5-7-9-19/h10-13,16-17,19,24H,4-9,14-15,18H2,1-3H3/t24-/m1/s1. The highest BCUT2D eigenvalue weighted by atomic mass is 16.5. The summed E-state index contributed by atoms with van der Waals surface area (Å²) in [5.74, 6) is 1.91. The maximum Gasteiger partial charge on any atom is 0.338 e. The van der Waals surface area contributed by atoms with Gasteiger partial charge in [0.25, 0.3) is 0 Å². The lowest BCUT2D eigenvalue weighted by atomic mass is 9.86. The summed E-state index contributed by atoms with van der Waals surface area (Å²) in [5, 5.41) is 0. The van der Waals surface area contributed by atoms with Gasteiger partial charge in [0.05, 0.1) is 32.4 Å².